The Morgan fingerprint density at radius 3 is 2.59 bits per heavy atom. The van der Waals surface area contributed by atoms with E-state index in [9.17, 15) is 4.79 Å². The maximum Gasteiger partial charge on any atom is 0.335 e. The van der Waals surface area contributed by atoms with E-state index in [1.807, 2.05) is 0 Å². The molecule has 1 aliphatic heterocycles. The summed E-state index contributed by atoms with van der Waals surface area (Å²) in [7, 11) is 1.48. The van der Waals surface area contributed by atoms with Crippen LogP contribution in [0.2, 0.25) is 0 Å². The van der Waals surface area contributed by atoms with Crippen molar-refractivity contribution in [2.75, 3.05) is 20.2 Å². The fourth-order valence-electron chi connectivity index (χ4n) is 3.11. The van der Waals surface area contributed by atoms with Gasteiger partial charge in [-0.15, -0.1) is 0 Å². The maximum absolute atomic E-state index is 11.8. The van der Waals surface area contributed by atoms with Crippen LogP contribution < -0.4 is 5.32 Å². The zero-order valence-electron chi connectivity index (χ0n) is 10.8. The summed E-state index contributed by atoms with van der Waals surface area (Å²) in [4.78, 5) is 11.8. The fourth-order valence-corrected chi connectivity index (χ4v) is 3.11. The third-order valence-corrected chi connectivity index (χ3v) is 4.04. The predicted molar refractivity (Wildman–Crippen MR) is 67.7 cm³/mol. The van der Waals surface area contributed by atoms with Crippen LogP contribution in [0, 0.1) is 5.92 Å². The van der Waals surface area contributed by atoms with E-state index in [0.717, 1.165) is 18.5 Å². The quantitative estimate of drug-likeness (QED) is 0.592. The smallest absolute Gasteiger partial charge is 0.335 e. The molecule has 0 aromatic carbocycles. The molecule has 1 N–H and O–H groups in total. The van der Waals surface area contributed by atoms with Gasteiger partial charge in [-0.3, -0.25) is 0 Å². The maximum atomic E-state index is 11.8. The molecule has 0 aromatic heterocycles. The van der Waals surface area contributed by atoms with Crippen LogP contribution in [0.4, 0.5) is 0 Å². The molecular weight excluding hydrogens is 214 g/mol. The summed E-state index contributed by atoms with van der Waals surface area (Å²) in [5.41, 5.74) is 2.29. The Kier molecular flexibility index (Phi) is 4.60. The van der Waals surface area contributed by atoms with Crippen molar-refractivity contribution < 1.29 is 9.53 Å². The topological polar surface area (TPSA) is 38.3 Å². The fraction of sp³-hybridized carbons (Fsp3) is 0.786. The van der Waals surface area contributed by atoms with E-state index in [4.69, 9.17) is 4.74 Å². The first-order valence-electron chi connectivity index (χ1n) is 6.84. The van der Waals surface area contributed by atoms with Crippen molar-refractivity contribution in [2.24, 2.45) is 5.92 Å². The van der Waals surface area contributed by atoms with E-state index in [2.05, 4.69) is 5.32 Å². The summed E-state index contributed by atoms with van der Waals surface area (Å²) < 4.78 is 4.91. The molecule has 1 heterocycles. The molecule has 0 amide bonds. The van der Waals surface area contributed by atoms with Gasteiger partial charge in [0.15, 0.2) is 0 Å². The molecule has 0 bridgehead atoms. The zero-order chi connectivity index (χ0) is 12.1. The molecule has 0 unspecified atom stereocenters. The lowest BCUT2D eigenvalue weighted by molar-refractivity contribution is -0.136. The molecule has 0 atom stereocenters. The van der Waals surface area contributed by atoms with Crippen LogP contribution in [-0.2, 0) is 9.53 Å². The highest BCUT2D eigenvalue weighted by Gasteiger charge is 2.25. The van der Waals surface area contributed by atoms with E-state index in [1.54, 1.807) is 0 Å². The summed E-state index contributed by atoms with van der Waals surface area (Å²) in [6.45, 7) is 1.70. The average Bonchev–Trinajstić information content (AvgIpc) is 2.66. The van der Waals surface area contributed by atoms with Crippen LogP contribution in [0.25, 0.3) is 0 Å². The van der Waals surface area contributed by atoms with Gasteiger partial charge < -0.3 is 10.1 Å². The Labute approximate surface area is 104 Å². The molecule has 17 heavy (non-hydrogen) atoms. The Bertz CT molecular complexity index is 301. The number of carbonyl (C=O) groups excluding carboxylic acids is 1. The minimum Gasteiger partial charge on any atom is -0.466 e. The highest BCUT2D eigenvalue weighted by molar-refractivity contribution is 5.90. The zero-order valence-corrected chi connectivity index (χ0v) is 10.8. The Morgan fingerprint density at radius 2 is 1.94 bits per heavy atom. The van der Waals surface area contributed by atoms with Crippen LogP contribution in [0.5, 0.6) is 0 Å². The van der Waals surface area contributed by atoms with Crippen LogP contribution in [0.1, 0.15) is 44.9 Å². The SMILES string of the molecule is COC(=O)C1=C(C2CCCCCC2)CCNC1. The first-order chi connectivity index (χ1) is 8.33. The van der Waals surface area contributed by atoms with E-state index in [-0.39, 0.29) is 5.97 Å². The minimum absolute atomic E-state index is 0.128. The second-order valence-corrected chi connectivity index (χ2v) is 5.11. The highest BCUT2D eigenvalue weighted by Crippen LogP contribution is 2.33. The van der Waals surface area contributed by atoms with Gasteiger partial charge in [0.25, 0.3) is 0 Å². The van der Waals surface area contributed by atoms with Gasteiger partial charge in [-0.1, -0.05) is 31.3 Å². The van der Waals surface area contributed by atoms with Gasteiger partial charge in [-0.25, -0.2) is 4.79 Å². The summed E-state index contributed by atoms with van der Waals surface area (Å²) in [5, 5.41) is 3.28. The van der Waals surface area contributed by atoms with Crippen molar-refractivity contribution in [3.05, 3.63) is 11.1 Å². The number of hydrogen-bond donors (Lipinski definition) is 1. The van der Waals surface area contributed by atoms with Gasteiger partial charge in [-0.2, -0.15) is 0 Å². The number of hydrogen-bond acceptors (Lipinski definition) is 3. The van der Waals surface area contributed by atoms with E-state index in [0.29, 0.717) is 12.5 Å². The second kappa shape index (κ2) is 6.20. The predicted octanol–water partition coefficient (Wildman–Crippen LogP) is 2.42. The molecule has 0 aromatic rings. The number of esters is 1. The highest BCUT2D eigenvalue weighted by atomic mass is 16.5. The van der Waals surface area contributed by atoms with Gasteiger partial charge in [0.05, 0.1) is 12.7 Å². The molecular formula is C14H23NO2. The van der Waals surface area contributed by atoms with Crippen LogP contribution in [0.3, 0.4) is 0 Å². The summed E-state index contributed by atoms with van der Waals surface area (Å²) in [6, 6.07) is 0. The van der Waals surface area contributed by atoms with Crippen molar-refractivity contribution in [3.63, 3.8) is 0 Å². The lowest BCUT2D eigenvalue weighted by Crippen LogP contribution is -2.31. The molecule has 1 saturated carbocycles. The monoisotopic (exact) mass is 237 g/mol. The van der Waals surface area contributed by atoms with Crippen molar-refractivity contribution >= 4 is 5.97 Å². The van der Waals surface area contributed by atoms with Crippen LogP contribution >= 0.6 is 0 Å². The normalized spacial score (nSPS) is 23.4. The molecule has 2 rings (SSSR count). The Hall–Kier alpha value is -0.830. The number of carbonyl (C=O) groups is 1. The van der Waals surface area contributed by atoms with Gasteiger partial charge >= 0.3 is 5.97 Å². The molecule has 1 aliphatic carbocycles. The second-order valence-electron chi connectivity index (χ2n) is 5.11. The first-order valence-corrected chi connectivity index (χ1v) is 6.84. The lowest BCUT2D eigenvalue weighted by atomic mass is 9.84. The molecule has 3 nitrogen and oxygen atoms in total. The van der Waals surface area contributed by atoms with E-state index in [1.165, 1.54) is 51.2 Å². The van der Waals surface area contributed by atoms with Gasteiger partial charge in [0.2, 0.25) is 0 Å². The largest absolute Gasteiger partial charge is 0.466 e. The lowest BCUT2D eigenvalue weighted by Gasteiger charge is -2.26. The average molecular weight is 237 g/mol. The first kappa shape index (κ1) is 12.6. The summed E-state index contributed by atoms with van der Waals surface area (Å²) in [5.74, 6) is 0.505. The van der Waals surface area contributed by atoms with Gasteiger partial charge in [0.1, 0.15) is 0 Å². The number of rotatable bonds is 2. The molecule has 2 aliphatic rings. The molecule has 96 valence electrons. The molecule has 0 radical (unpaired) electrons. The minimum atomic E-state index is -0.128. The standard InChI is InChI=1S/C14H23NO2/c1-17-14(16)13-10-15-9-8-12(13)11-6-4-2-3-5-7-11/h11,15H,2-10H2,1H3. The van der Waals surface area contributed by atoms with E-state index < -0.39 is 0 Å². The van der Waals surface area contributed by atoms with Crippen LogP contribution in [-0.4, -0.2) is 26.2 Å². The van der Waals surface area contributed by atoms with Crippen molar-refractivity contribution in [3.8, 4) is 0 Å². The van der Waals surface area contributed by atoms with Crippen molar-refractivity contribution in [1.82, 2.24) is 5.32 Å². The molecule has 1 fully saturated rings. The molecule has 0 saturated heterocycles. The number of methoxy groups -OCH3 is 1. The van der Waals surface area contributed by atoms with Gasteiger partial charge in [-0.05, 0) is 31.7 Å². The third-order valence-electron chi connectivity index (χ3n) is 4.04. The molecule has 0 spiro atoms. The number of ether oxygens (including phenoxy) is 1. The third kappa shape index (κ3) is 3.09. The molecule has 3 heteroatoms. The summed E-state index contributed by atoms with van der Waals surface area (Å²) >= 11 is 0. The van der Waals surface area contributed by atoms with Crippen molar-refractivity contribution in [1.29, 1.82) is 0 Å². The Balaban J connectivity index is 2.17. The number of nitrogens with one attached hydrogen (secondary N) is 1. The van der Waals surface area contributed by atoms with Crippen molar-refractivity contribution in [2.45, 2.75) is 44.9 Å². The Morgan fingerprint density at radius 1 is 1.24 bits per heavy atom. The van der Waals surface area contributed by atoms with E-state index >= 15 is 0 Å². The van der Waals surface area contributed by atoms with Crippen LogP contribution in [0.15, 0.2) is 11.1 Å². The van der Waals surface area contributed by atoms with Gasteiger partial charge in [0, 0.05) is 6.54 Å². The summed E-state index contributed by atoms with van der Waals surface area (Å²) in [6.07, 6.45) is 8.89.